The number of benzene rings is 2. The molecule has 0 aliphatic carbocycles. The molecule has 0 amide bonds. The summed E-state index contributed by atoms with van der Waals surface area (Å²) in [6.45, 7) is 7.88. The summed E-state index contributed by atoms with van der Waals surface area (Å²) in [4.78, 5) is 15.1. The van der Waals surface area contributed by atoms with Crippen LogP contribution < -0.4 is 5.32 Å². The van der Waals surface area contributed by atoms with Crippen molar-refractivity contribution in [2.45, 2.75) is 27.3 Å². The molecule has 0 unspecified atom stereocenters. The second-order valence-electron chi connectivity index (χ2n) is 8.99. The number of rotatable bonds is 6. The standard InChI is InChI=1S/C28H25FN6S/c1-4-30-14-17-9-15(2)10-18(11-17)19-12-20-24(21(29)13-19)34-35-25(20)28-32-22-7-8-31-27(26(22)33-28)23-6-5-16(3)36-23/h5-13,30H,4,14H2,1-3H3,(H,32,33)(H,34,35). The molecule has 0 aliphatic rings. The molecule has 6 aromatic rings. The number of thiophene rings is 1. The number of halogens is 1. The van der Waals surface area contributed by atoms with Gasteiger partial charge in [0.15, 0.2) is 11.6 Å². The van der Waals surface area contributed by atoms with Crippen LogP contribution >= 0.6 is 11.3 Å². The molecule has 0 saturated carbocycles. The van der Waals surface area contributed by atoms with E-state index in [4.69, 9.17) is 4.98 Å². The summed E-state index contributed by atoms with van der Waals surface area (Å²) in [5.74, 6) is 0.232. The number of aryl methyl sites for hydroxylation is 2. The molecule has 6 nitrogen and oxygen atoms in total. The van der Waals surface area contributed by atoms with E-state index in [1.165, 1.54) is 10.4 Å². The van der Waals surface area contributed by atoms with E-state index in [-0.39, 0.29) is 5.82 Å². The van der Waals surface area contributed by atoms with Gasteiger partial charge in [-0.15, -0.1) is 11.3 Å². The molecule has 0 atom stereocenters. The Morgan fingerprint density at radius 1 is 1.00 bits per heavy atom. The van der Waals surface area contributed by atoms with Gasteiger partial charge in [-0.3, -0.25) is 10.1 Å². The van der Waals surface area contributed by atoms with Crippen LogP contribution in [0.1, 0.15) is 22.9 Å². The fourth-order valence-electron chi connectivity index (χ4n) is 4.62. The minimum absolute atomic E-state index is 0.293. The molecule has 0 spiro atoms. The number of nitrogens with zero attached hydrogens (tertiary/aromatic N) is 3. The van der Waals surface area contributed by atoms with E-state index in [2.05, 4.69) is 76.6 Å². The summed E-state index contributed by atoms with van der Waals surface area (Å²) >= 11 is 1.68. The summed E-state index contributed by atoms with van der Waals surface area (Å²) in [5, 5.41) is 11.3. The van der Waals surface area contributed by atoms with E-state index in [9.17, 15) is 0 Å². The van der Waals surface area contributed by atoms with Gasteiger partial charge < -0.3 is 10.3 Å². The Morgan fingerprint density at radius 2 is 1.86 bits per heavy atom. The number of H-pyrrole nitrogens is 2. The molecule has 0 bridgehead atoms. The van der Waals surface area contributed by atoms with Crippen LogP contribution in [-0.2, 0) is 6.54 Å². The summed E-state index contributed by atoms with van der Waals surface area (Å²) < 4.78 is 15.2. The van der Waals surface area contributed by atoms with Gasteiger partial charge in [0.2, 0.25) is 0 Å². The van der Waals surface area contributed by atoms with E-state index in [1.807, 2.05) is 12.1 Å². The van der Waals surface area contributed by atoms with Crippen molar-refractivity contribution < 1.29 is 4.39 Å². The van der Waals surface area contributed by atoms with Crippen molar-refractivity contribution in [2.75, 3.05) is 6.54 Å². The molecule has 4 aromatic heterocycles. The fraction of sp³-hybridized carbons (Fsp3) is 0.179. The Balaban J connectivity index is 1.48. The predicted molar refractivity (Wildman–Crippen MR) is 145 cm³/mol. The third-order valence-electron chi connectivity index (χ3n) is 6.27. The molecule has 0 aliphatic heterocycles. The largest absolute Gasteiger partial charge is 0.337 e. The van der Waals surface area contributed by atoms with Crippen LogP contribution in [0, 0.1) is 19.7 Å². The van der Waals surface area contributed by atoms with Crippen molar-refractivity contribution in [3.8, 4) is 33.2 Å². The molecule has 4 heterocycles. The minimum Gasteiger partial charge on any atom is -0.337 e. The Morgan fingerprint density at radius 3 is 2.67 bits per heavy atom. The first-order chi connectivity index (χ1) is 17.5. The first-order valence-electron chi connectivity index (χ1n) is 11.9. The Labute approximate surface area is 211 Å². The summed E-state index contributed by atoms with van der Waals surface area (Å²) in [5.41, 5.74) is 7.49. The quantitative estimate of drug-likeness (QED) is 0.238. The molecule has 180 valence electrons. The van der Waals surface area contributed by atoms with Gasteiger partial charge in [-0.25, -0.2) is 9.37 Å². The molecule has 2 aromatic carbocycles. The zero-order valence-corrected chi connectivity index (χ0v) is 21.1. The maximum atomic E-state index is 15.2. The SMILES string of the molecule is CCNCc1cc(C)cc(-c2cc(F)c3n[nH]c(-c4nc5c(-c6ccc(C)s6)nccc5[nH]4)c3c2)c1. The van der Waals surface area contributed by atoms with E-state index >= 15 is 4.39 Å². The highest BCUT2D eigenvalue weighted by Gasteiger charge is 2.19. The third-order valence-corrected chi connectivity index (χ3v) is 7.28. The normalized spacial score (nSPS) is 11.7. The molecular weight excluding hydrogens is 471 g/mol. The third kappa shape index (κ3) is 3.98. The van der Waals surface area contributed by atoms with Crippen molar-refractivity contribution >= 4 is 33.3 Å². The lowest BCUT2D eigenvalue weighted by Crippen LogP contribution is -2.11. The van der Waals surface area contributed by atoms with E-state index in [0.29, 0.717) is 22.4 Å². The van der Waals surface area contributed by atoms with Crippen LogP contribution in [0.25, 0.3) is 55.2 Å². The highest BCUT2D eigenvalue weighted by atomic mass is 32.1. The van der Waals surface area contributed by atoms with Crippen LogP contribution in [0.3, 0.4) is 0 Å². The average Bonchev–Trinajstić information content (AvgIpc) is 3.59. The van der Waals surface area contributed by atoms with Crippen LogP contribution in [-0.4, -0.2) is 31.7 Å². The molecule has 6 rings (SSSR count). The number of hydrogen-bond acceptors (Lipinski definition) is 5. The minimum atomic E-state index is -0.368. The second kappa shape index (κ2) is 8.96. The van der Waals surface area contributed by atoms with Crippen molar-refractivity contribution in [2.24, 2.45) is 0 Å². The van der Waals surface area contributed by atoms with Gasteiger partial charge >= 0.3 is 0 Å². The van der Waals surface area contributed by atoms with Crippen LogP contribution in [0.4, 0.5) is 4.39 Å². The maximum absolute atomic E-state index is 15.2. The van der Waals surface area contributed by atoms with Gasteiger partial charge in [0, 0.05) is 23.0 Å². The molecule has 0 saturated heterocycles. The van der Waals surface area contributed by atoms with Gasteiger partial charge in [-0.2, -0.15) is 5.10 Å². The lowest BCUT2D eigenvalue weighted by molar-refractivity contribution is 0.636. The molecule has 3 N–H and O–H groups in total. The molecular formula is C28H25FN6S. The van der Waals surface area contributed by atoms with Crippen LogP contribution in [0.15, 0.2) is 54.7 Å². The number of aromatic amines is 2. The van der Waals surface area contributed by atoms with Crippen molar-refractivity contribution in [1.29, 1.82) is 0 Å². The highest BCUT2D eigenvalue weighted by molar-refractivity contribution is 7.15. The van der Waals surface area contributed by atoms with Crippen LogP contribution in [0.5, 0.6) is 0 Å². The Hall–Kier alpha value is -3.88. The monoisotopic (exact) mass is 496 g/mol. The van der Waals surface area contributed by atoms with E-state index in [1.54, 1.807) is 23.6 Å². The second-order valence-corrected chi connectivity index (χ2v) is 10.3. The highest BCUT2D eigenvalue weighted by Crippen LogP contribution is 2.35. The zero-order valence-electron chi connectivity index (χ0n) is 20.2. The van der Waals surface area contributed by atoms with Crippen molar-refractivity contribution in [3.05, 3.63) is 76.5 Å². The Bertz CT molecular complexity index is 1730. The van der Waals surface area contributed by atoms with Crippen LogP contribution in [0.2, 0.25) is 0 Å². The maximum Gasteiger partial charge on any atom is 0.157 e. The number of fused-ring (bicyclic) bond motifs is 2. The van der Waals surface area contributed by atoms with Crippen molar-refractivity contribution in [1.82, 2.24) is 30.5 Å². The Kier molecular flexibility index (Phi) is 5.62. The number of pyridine rings is 1. The number of imidazole rings is 1. The molecule has 0 radical (unpaired) electrons. The first kappa shape index (κ1) is 22.6. The zero-order chi connectivity index (χ0) is 24.8. The predicted octanol–water partition coefficient (Wildman–Crippen LogP) is 6.76. The molecule has 36 heavy (non-hydrogen) atoms. The topological polar surface area (TPSA) is 82.3 Å². The van der Waals surface area contributed by atoms with Gasteiger partial charge in [0.1, 0.15) is 22.4 Å². The number of nitrogens with one attached hydrogen (secondary N) is 3. The molecule has 8 heteroatoms. The van der Waals surface area contributed by atoms with Crippen molar-refractivity contribution in [3.63, 3.8) is 0 Å². The average molecular weight is 497 g/mol. The summed E-state index contributed by atoms with van der Waals surface area (Å²) in [6, 6.07) is 15.9. The molecule has 0 fully saturated rings. The first-order valence-corrected chi connectivity index (χ1v) is 12.7. The number of aromatic nitrogens is 5. The smallest absolute Gasteiger partial charge is 0.157 e. The summed E-state index contributed by atoms with van der Waals surface area (Å²) in [6.07, 6.45) is 1.78. The van der Waals surface area contributed by atoms with Gasteiger partial charge in [0.25, 0.3) is 0 Å². The van der Waals surface area contributed by atoms with Gasteiger partial charge in [-0.1, -0.05) is 24.6 Å². The van der Waals surface area contributed by atoms with E-state index < -0.39 is 0 Å². The fourth-order valence-corrected chi connectivity index (χ4v) is 5.48. The summed E-state index contributed by atoms with van der Waals surface area (Å²) in [7, 11) is 0. The van der Waals surface area contributed by atoms with Gasteiger partial charge in [-0.05, 0) is 73.5 Å². The van der Waals surface area contributed by atoms with Gasteiger partial charge in [0.05, 0.1) is 10.4 Å². The lowest BCUT2D eigenvalue weighted by atomic mass is 9.98. The van der Waals surface area contributed by atoms with E-state index in [0.717, 1.165) is 51.4 Å². The lowest BCUT2D eigenvalue weighted by Gasteiger charge is -2.09. The number of hydrogen-bond donors (Lipinski definition) is 3.